The topological polar surface area (TPSA) is 37.8 Å². The first kappa shape index (κ1) is 11.4. The molecule has 4 aliphatic carbocycles. The maximum atomic E-state index is 4.47. The molecule has 98 valence electrons. The Morgan fingerprint density at radius 2 is 1.78 bits per heavy atom. The van der Waals surface area contributed by atoms with Gasteiger partial charge < -0.3 is 5.32 Å². The van der Waals surface area contributed by atoms with Crippen LogP contribution in [0.1, 0.15) is 49.4 Å². The van der Waals surface area contributed by atoms with Gasteiger partial charge >= 0.3 is 0 Å². The van der Waals surface area contributed by atoms with E-state index in [4.69, 9.17) is 0 Å². The molecule has 4 heteroatoms. The number of rotatable bonds is 3. The molecule has 1 heterocycles. The molecule has 0 aromatic carbocycles. The van der Waals surface area contributed by atoms with Crippen molar-refractivity contribution in [3.8, 4) is 0 Å². The third-order valence-electron chi connectivity index (χ3n) is 5.23. The first-order valence-corrected chi connectivity index (χ1v) is 8.02. The number of hydrogen-bond donors (Lipinski definition) is 1. The number of aromatic nitrogens is 2. The molecule has 0 saturated heterocycles. The zero-order valence-electron chi connectivity index (χ0n) is 11.0. The largest absolute Gasteiger partial charge is 0.304 e. The second-order valence-electron chi connectivity index (χ2n) is 6.78. The maximum Gasteiger partial charge on any atom is 0.156 e. The van der Waals surface area contributed by atoms with Crippen LogP contribution in [-0.2, 0) is 6.54 Å². The summed E-state index contributed by atoms with van der Waals surface area (Å²) in [5, 5.41) is 4.92. The van der Waals surface area contributed by atoms with Crippen molar-refractivity contribution < 1.29 is 0 Å². The minimum Gasteiger partial charge on any atom is -0.304 e. The highest BCUT2D eigenvalue weighted by Crippen LogP contribution is 2.55. The van der Waals surface area contributed by atoms with Crippen molar-refractivity contribution in [1.82, 2.24) is 14.7 Å². The summed E-state index contributed by atoms with van der Waals surface area (Å²) in [5.74, 6) is 4.02. The van der Waals surface area contributed by atoms with E-state index in [1.54, 1.807) is 0 Å². The normalized spacial score (nSPS) is 41.5. The average Bonchev–Trinajstić information content (AvgIpc) is 2.71. The predicted molar refractivity (Wildman–Crippen MR) is 72.4 cm³/mol. The molecule has 0 amide bonds. The summed E-state index contributed by atoms with van der Waals surface area (Å²) in [6, 6.07) is 0. The summed E-state index contributed by atoms with van der Waals surface area (Å²) in [7, 11) is 0. The molecule has 0 radical (unpaired) electrons. The van der Waals surface area contributed by atoms with Crippen LogP contribution in [0.2, 0.25) is 0 Å². The lowest BCUT2D eigenvalue weighted by Crippen LogP contribution is -2.58. The highest BCUT2D eigenvalue weighted by atomic mass is 32.1. The van der Waals surface area contributed by atoms with E-state index in [0.717, 1.165) is 35.1 Å². The van der Waals surface area contributed by atoms with Crippen molar-refractivity contribution in [2.24, 2.45) is 17.8 Å². The van der Waals surface area contributed by atoms with Gasteiger partial charge in [0.15, 0.2) is 5.82 Å². The van der Waals surface area contributed by atoms with Crippen molar-refractivity contribution in [2.45, 2.75) is 57.5 Å². The first-order valence-electron chi connectivity index (χ1n) is 7.25. The molecule has 5 rings (SSSR count). The summed E-state index contributed by atoms with van der Waals surface area (Å²) >= 11 is 1.52. The van der Waals surface area contributed by atoms with Crippen LogP contribution in [0.15, 0.2) is 0 Å². The lowest BCUT2D eigenvalue weighted by Gasteiger charge is -2.57. The van der Waals surface area contributed by atoms with Crippen molar-refractivity contribution in [2.75, 3.05) is 0 Å². The Morgan fingerprint density at radius 3 is 2.28 bits per heavy atom. The van der Waals surface area contributed by atoms with E-state index in [-0.39, 0.29) is 0 Å². The van der Waals surface area contributed by atoms with Gasteiger partial charge in [-0.1, -0.05) is 0 Å². The van der Waals surface area contributed by atoms with Gasteiger partial charge in [0.1, 0.15) is 5.01 Å². The fraction of sp³-hybridized carbons (Fsp3) is 0.857. The highest BCUT2D eigenvalue weighted by Gasteiger charge is 2.50. The zero-order chi connectivity index (χ0) is 12.2. The van der Waals surface area contributed by atoms with Crippen molar-refractivity contribution >= 4 is 11.5 Å². The number of hydrogen-bond acceptors (Lipinski definition) is 4. The molecule has 1 aromatic rings. The minimum absolute atomic E-state index is 0.438. The second kappa shape index (κ2) is 4.01. The third-order valence-corrected chi connectivity index (χ3v) is 5.89. The quantitative estimate of drug-likeness (QED) is 0.911. The Morgan fingerprint density at radius 1 is 1.17 bits per heavy atom. The maximum absolute atomic E-state index is 4.47. The van der Waals surface area contributed by atoms with Crippen molar-refractivity contribution in [1.29, 1.82) is 0 Å². The molecule has 0 atom stereocenters. The van der Waals surface area contributed by atoms with E-state index in [1.807, 2.05) is 6.92 Å². The van der Waals surface area contributed by atoms with Crippen LogP contribution in [0.3, 0.4) is 0 Å². The molecule has 1 N–H and O–H groups in total. The molecular weight excluding hydrogens is 242 g/mol. The Hall–Kier alpha value is -0.480. The van der Waals surface area contributed by atoms with Crippen LogP contribution < -0.4 is 5.32 Å². The predicted octanol–water partition coefficient (Wildman–Crippen LogP) is 2.90. The molecule has 3 nitrogen and oxygen atoms in total. The van der Waals surface area contributed by atoms with Gasteiger partial charge in [0.05, 0.1) is 6.54 Å². The fourth-order valence-electron chi connectivity index (χ4n) is 5.01. The van der Waals surface area contributed by atoms with E-state index in [9.17, 15) is 0 Å². The summed E-state index contributed by atoms with van der Waals surface area (Å²) in [5.41, 5.74) is 0.438. The van der Waals surface area contributed by atoms with Gasteiger partial charge in [-0.05, 0) is 74.7 Å². The van der Waals surface area contributed by atoms with Crippen molar-refractivity contribution in [3.63, 3.8) is 0 Å². The zero-order valence-corrected chi connectivity index (χ0v) is 11.8. The smallest absolute Gasteiger partial charge is 0.156 e. The van der Waals surface area contributed by atoms with Gasteiger partial charge in [0, 0.05) is 5.54 Å². The molecule has 0 unspecified atom stereocenters. The van der Waals surface area contributed by atoms with E-state index in [0.29, 0.717) is 5.54 Å². The van der Waals surface area contributed by atoms with E-state index in [1.165, 1.54) is 50.1 Å². The van der Waals surface area contributed by atoms with Gasteiger partial charge in [-0.3, -0.25) is 0 Å². The van der Waals surface area contributed by atoms with E-state index < -0.39 is 0 Å². The van der Waals surface area contributed by atoms with Crippen LogP contribution in [0, 0.1) is 24.7 Å². The molecular formula is C14H21N3S. The standard InChI is InChI=1S/C14H21N3S/c1-9-16-13(17-18-9)8-15-14-5-10-2-11(6-14)4-12(3-10)7-14/h10-12,15H,2-8H2,1H3. The molecule has 1 aromatic heterocycles. The highest BCUT2D eigenvalue weighted by molar-refractivity contribution is 7.05. The number of nitrogens with zero attached hydrogens (tertiary/aromatic N) is 2. The Labute approximate surface area is 113 Å². The van der Waals surface area contributed by atoms with Gasteiger partial charge in [-0.2, -0.15) is 4.37 Å². The van der Waals surface area contributed by atoms with Gasteiger partial charge in [0.25, 0.3) is 0 Å². The second-order valence-corrected chi connectivity index (χ2v) is 7.74. The summed E-state index contributed by atoms with van der Waals surface area (Å²) in [4.78, 5) is 4.47. The lowest BCUT2D eigenvalue weighted by molar-refractivity contribution is -0.0208. The van der Waals surface area contributed by atoms with Crippen LogP contribution in [0.5, 0.6) is 0 Å². The summed E-state index contributed by atoms with van der Waals surface area (Å²) < 4.78 is 4.40. The van der Waals surface area contributed by atoms with Crippen LogP contribution in [-0.4, -0.2) is 14.9 Å². The van der Waals surface area contributed by atoms with Gasteiger partial charge in [0.2, 0.25) is 0 Å². The van der Waals surface area contributed by atoms with Gasteiger partial charge in [-0.15, -0.1) is 0 Å². The summed E-state index contributed by atoms with van der Waals surface area (Å²) in [6.07, 6.45) is 8.74. The average molecular weight is 263 g/mol. The summed E-state index contributed by atoms with van der Waals surface area (Å²) in [6.45, 7) is 2.91. The molecule has 4 aliphatic rings. The molecule has 4 fully saturated rings. The molecule has 0 aliphatic heterocycles. The Balaban J connectivity index is 1.47. The minimum atomic E-state index is 0.438. The number of aryl methyl sites for hydroxylation is 1. The van der Waals surface area contributed by atoms with Crippen LogP contribution in [0.4, 0.5) is 0 Å². The molecule has 4 saturated carbocycles. The van der Waals surface area contributed by atoms with Crippen LogP contribution >= 0.6 is 11.5 Å². The lowest BCUT2D eigenvalue weighted by atomic mass is 9.53. The van der Waals surface area contributed by atoms with E-state index >= 15 is 0 Å². The fourth-order valence-corrected chi connectivity index (χ4v) is 5.50. The third kappa shape index (κ3) is 1.90. The van der Waals surface area contributed by atoms with Crippen LogP contribution in [0.25, 0.3) is 0 Å². The van der Waals surface area contributed by atoms with Crippen molar-refractivity contribution in [3.05, 3.63) is 10.8 Å². The monoisotopic (exact) mass is 263 g/mol. The SMILES string of the molecule is Cc1nc(CNC23CC4CC(CC(C4)C2)C3)ns1. The molecule has 18 heavy (non-hydrogen) atoms. The van der Waals surface area contributed by atoms with Gasteiger partial charge in [-0.25, -0.2) is 4.98 Å². The Bertz CT molecular complexity index is 418. The number of nitrogens with one attached hydrogen (secondary N) is 1. The van der Waals surface area contributed by atoms with E-state index in [2.05, 4.69) is 14.7 Å². The first-order chi connectivity index (χ1) is 8.71. The molecule has 0 spiro atoms. The Kier molecular flexibility index (Phi) is 2.53. The molecule has 4 bridgehead atoms.